The third kappa shape index (κ3) is 3.11. The molecule has 1 saturated heterocycles. The molecule has 0 aromatic heterocycles. The molecule has 92 valence electrons. The molecule has 4 nitrogen and oxygen atoms in total. The van der Waals surface area contributed by atoms with Crippen LogP contribution in [-0.2, 0) is 4.74 Å². The molecule has 1 atom stereocenters. The van der Waals surface area contributed by atoms with Gasteiger partial charge in [0, 0.05) is 18.6 Å². The van der Waals surface area contributed by atoms with Crippen LogP contribution in [0.5, 0.6) is 0 Å². The summed E-state index contributed by atoms with van der Waals surface area (Å²) in [5, 5.41) is 3.43. The summed E-state index contributed by atoms with van der Waals surface area (Å²) in [6, 6.07) is 0.911. The molecule has 0 spiro atoms. The quantitative estimate of drug-likeness (QED) is 0.794. The number of rotatable bonds is 4. The smallest absolute Gasteiger partial charge is 0.410 e. The van der Waals surface area contributed by atoms with Crippen molar-refractivity contribution < 1.29 is 9.53 Å². The fraction of sp³-hybridized carbons (Fsp3) is 0.917. The molecule has 1 aliphatic carbocycles. The van der Waals surface area contributed by atoms with Crippen molar-refractivity contribution in [2.75, 3.05) is 13.1 Å². The summed E-state index contributed by atoms with van der Waals surface area (Å²) in [5.74, 6) is 0. The third-order valence-electron chi connectivity index (χ3n) is 3.14. The highest BCUT2D eigenvalue weighted by molar-refractivity contribution is 5.68. The summed E-state index contributed by atoms with van der Waals surface area (Å²) >= 11 is 0. The Hall–Kier alpha value is -0.770. The van der Waals surface area contributed by atoms with Crippen molar-refractivity contribution in [3.05, 3.63) is 0 Å². The lowest BCUT2D eigenvalue weighted by molar-refractivity contribution is 0.0719. The Kier molecular flexibility index (Phi) is 3.69. The van der Waals surface area contributed by atoms with Gasteiger partial charge in [-0.15, -0.1) is 0 Å². The highest BCUT2D eigenvalue weighted by Gasteiger charge is 2.35. The van der Waals surface area contributed by atoms with Gasteiger partial charge >= 0.3 is 6.09 Å². The molecule has 1 unspecified atom stereocenters. The van der Waals surface area contributed by atoms with Crippen LogP contribution in [0.25, 0.3) is 0 Å². The summed E-state index contributed by atoms with van der Waals surface area (Å²) in [6.45, 7) is 5.70. The minimum atomic E-state index is -0.133. The first-order valence-corrected chi connectivity index (χ1v) is 6.37. The van der Waals surface area contributed by atoms with Crippen molar-refractivity contribution in [3.8, 4) is 0 Å². The molecule has 1 saturated carbocycles. The number of carbonyl (C=O) groups excluding carboxylic acids is 1. The van der Waals surface area contributed by atoms with E-state index in [2.05, 4.69) is 5.32 Å². The minimum Gasteiger partial charge on any atom is -0.447 e. The van der Waals surface area contributed by atoms with Crippen molar-refractivity contribution in [2.45, 2.75) is 57.7 Å². The fourth-order valence-corrected chi connectivity index (χ4v) is 2.18. The molecular formula is C12H22N2O2. The fourth-order valence-electron chi connectivity index (χ4n) is 2.18. The van der Waals surface area contributed by atoms with Gasteiger partial charge in [-0.25, -0.2) is 4.79 Å². The molecule has 1 aliphatic heterocycles. The molecular weight excluding hydrogens is 204 g/mol. The molecule has 1 amide bonds. The summed E-state index contributed by atoms with van der Waals surface area (Å²) in [7, 11) is 0. The van der Waals surface area contributed by atoms with Crippen LogP contribution >= 0.6 is 0 Å². The lowest BCUT2D eigenvalue weighted by Gasteiger charge is -2.26. The van der Waals surface area contributed by atoms with E-state index in [1.54, 1.807) is 0 Å². The van der Waals surface area contributed by atoms with E-state index >= 15 is 0 Å². The Balaban J connectivity index is 1.86. The summed E-state index contributed by atoms with van der Waals surface area (Å²) < 4.78 is 5.28. The number of hydrogen-bond donors (Lipinski definition) is 1. The van der Waals surface area contributed by atoms with Crippen molar-refractivity contribution in [2.24, 2.45) is 0 Å². The Morgan fingerprint density at radius 2 is 2.19 bits per heavy atom. The maximum absolute atomic E-state index is 11.9. The molecule has 2 aliphatic rings. The Morgan fingerprint density at radius 1 is 1.44 bits per heavy atom. The van der Waals surface area contributed by atoms with E-state index in [-0.39, 0.29) is 12.2 Å². The highest BCUT2D eigenvalue weighted by Crippen LogP contribution is 2.28. The Bertz CT molecular complexity index is 245. The second-order valence-electron chi connectivity index (χ2n) is 5.11. The molecule has 0 aromatic carbocycles. The number of amides is 1. The zero-order chi connectivity index (χ0) is 11.5. The molecule has 4 heteroatoms. The maximum atomic E-state index is 11.9. The van der Waals surface area contributed by atoms with Gasteiger partial charge in [-0.1, -0.05) is 0 Å². The van der Waals surface area contributed by atoms with Crippen LogP contribution in [-0.4, -0.2) is 42.3 Å². The van der Waals surface area contributed by atoms with E-state index in [0.717, 1.165) is 25.9 Å². The average molecular weight is 226 g/mol. The summed E-state index contributed by atoms with van der Waals surface area (Å²) in [4.78, 5) is 13.8. The first-order chi connectivity index (χ1) is 7.66. The minimum absolute atomic E-state index is 0.0229. The predicted octanol–water partition coefficient (Wildman–Crippen LogP) is 1.75. The largest absolute Gasteiger partial charge is 0.447 e. The normalized spacial score (nSPS) is 24.8. The van der Waals surface area contributed by atoms with Gasteiger partial charge in [-0.2, -0.15) is 0 Å². The average Bonchev–Trinajstić information content (AvgIpc) is 2.91. The maximum Gasteiger partial charge on any atom is 0.410 e. The van der Waals surface area contributed by atoms with Crippen LogP contribution in [0.4, 0.5) is 4.79 Å². The second kappa shape index (κ2) is 5.04. The molecule has 1 N–H and O–H groups in total. The molecule has 0 bridgehead atoms. The van der Waals surface area contributed by atoms with Crippen LogP contribution in [0.15, 0.2) is 0 Å². The van der Waals surface area contributed by atoms with Crippen LogP contribution in [0, 0.1) is 0 Å². The molecule has 16 heavy (non-hydrogen) atoms. The second-order valence-corrected chi connectivity index (χ2v) is 5.11. The third-order valence-corrected chi connectivity index (χ3v) is 3.14. The van der Waals surface area contributed by atoms with Gasteiger partial charge in [0.2, 0.25) is 0 Å². The Morgan fingerprint density at radius 3 is 2.69 bits per heavy atom. The molecule has 2 fully saturated rings. The van der Waals surface area contributed by atoms with Crippen LogP contribution in [0.2, 0.25) is 0 Å². The number of nitrogens with one attached hydrogen (secondary N) is 1. The van der Waals surface area contributed by atoms with Gasteiger partial charge in [0.15, 0.2) is 0 Å². The zero-order valence-electron chi connectivity index (χ0n) is 10.2. The molecule has 0 radical (unpaired) electrons. The molecule has 1 heterocycles. The van der Waals surface area contributed by atoms with Crippen LogP contribution in [0.3, 0.4) is 0 Å². The van der Waals surface area contributed by atoms with Gasteiger partial charge in [-0.3, -0.25) is 0 Å². The monoisotopic (exact) mass is 226 g/mol. The predicted molar refractivity (Wildman–Crippen MR) is 62.4 cm³/mol. The standard InChI is InChI=1S/C12H22N2O2/c1-9(2)16-12(15)14(11-5-6-11)8-10-4-3-7-13-10/h9-11,13H,3-8H2,1-2H3. The summed E-state index contributed by atoms with van der Waals surface area (Å²) in [6.07, 6.45) is 4.52. The highest BCUT2D eigenvalue weighted by atomic mass is 16.6. The van der Waals surface area contributed by atoms with Gasteiger partial charge in [0.1, 0.15) is 0 Å². The number of hydrogen-bond acceptors (Lipinski definition) is 3. The van der Waals surface area contributed by atoms with Gasteiger partial charge in [-0.05, 0) is 46.1 Å². The number of ether oxygens (including phenoxy) is 1. The first-order valence-electron chi connectivity index (χ1n) is 6.37. The van der Waals surface area contributed by atoms with Crippen molar-refractivity contribution >= 4 is 6.09 Å². The van der Waals surface area contributed by atoms with Gasteiger partial charge in [0.05, 0.1) is 6.10 Å². The van der Waals surface area contributed by atoms with Gasteiger partial charge < -0.3 is 15.0 Å². The molecule has 0 aromatic rings. The van der Waals surface area contributed by atoms with E-state index in [0.29, 0.717) is 12.1 Å². The van der Waals surface area contributed by atoms with E-state index < -0.39 is 0 Å². The number of nitrogens with zero attached hydrogens (tertiary/aromatic N) is 1. The number of carbonyl (C=O) groups is 1. The van der Waals surface area contributed by atoms with Crippen molar-refractivity contribution in [3.63, 3.8) is 0 Å². The van der Waals surface area contributed by atoms with E-state index in [4.69, 9.17) is 4.74 Å². The Labute approximate surface area is 97.3 Å². The first kappa shape index (κ1) is 11.7. The lowest BCUT2D eigenvalue weighted by atomic mass is 10.2. The van der Waals surface area contributed by atoms with Crippen molar-refractivity contribution in [1.82, 2.24) is 10.2 Å². The van der Waals surface area contributed by atoms with E-state index in [9.17, 15) is 4.79 Å². The van der Waals surface area contributed by atoms with Crippen LogP contribution in [0.1, 0.15) is 39.5 Å². The topological polar surface area (TPSA) is 41.6 Å². The van der Waals surface area contributed by atoms with Crippen LogP contribution < -0.4 is 5.32 Å². The van der Waals surface area contributed by atoms with E-state index in [1.807, 2.05) is 18.7 Å². The summed E-state index contributed by atoms with van der Waals surface area (Å²) in [5.41, 5.74) is 0. The van der Waals surface area contributed by atoms with Crippen molar-refractivity contribution in [1.29, 1.82) is 0 Å². The zero-order valence-corrected chi connectivity index (χ0v) is 10.2. The lowest BCUT2D eigenvalue weighted by Crippen LogP contribution is -2.43. The molecule has 2 rings (SSSR count). The van der Waals surface area contributed by atoms with E-state index in [1.165, 1.54) is 12.8 Å². The van der Waals surface area contributed by atoms with Gasteiger partial charge in [0.25, 0.3) is 0 Å². The SMILES string of the molecule is CC(C)OC(=O)N(CC1CCCN1)C1CC1.